The van der Waals surface area contributed by atoms with E-state index in [1.807, 2.05) is 6.07 Å². The van der Waals surface area contributed by atoms with Gasteiger partial charge < -0.3 is 4.90 Å². The number of hydrogen-bond donors (Lipinski definition) is 0. The summed E-state index contributed by atoms with van der Waals surface area (Å²) >= 11 is 1.74. The Labute approximate surface area is 83.8 Å². The minimum Gasteiger partial charge on any atom is -0.304 e. The van der Waals surface area contributed by atoms with Crippen molar-refractivity contribution < 1.29 is 0 Å². The maximum atomic E-state index is 3.13. The zero-order chi connectivity index (χ0) is 9.10. The first-order chi connectivity index (χ1) is 6.34. The maximum absolute atomic E-state index is 3.13. The number of likely N-dealkylation sites (N-methyl/N-ethyl adjacent to an activating group) is 1. The molecule has 0 amide bonds. The lowest BCUT2D eigenvalue weighted by molar-refractivity contribution is 0.149. The summed E-state index contributed by atoms with van der Waals surface area (Å²) in [6.45, 7) is 5.93. The molecule has 0 unspecified atom stereocenters. The highest BCUT2D eigenvalue weighted by molar-refractivity contribution is 7.09. The summed E-state index contributed by atoms with van der Waals surface area (Å²) < 4.78 is 0. The van der Waals surface area contributed by atoms with E-state index in [9.17, 15) is 0 Å². The molecule has 2 heterocycles. The van der Waals surface area contributed by atoms with E-state index in [0.29, 0.717) is 0 Å². The Bertz CT molecular complexity index is 237. The maximum Gasteiger partial charge on any atom is 0.0446 e. The molecule has 0 saturated carbocycles. The van der Waals surface area contributed by atoms with Crippen molar-refractivity contribution >= 4 is 11.3 Å². The molecular formula is C10H15N2S. The lowest BCUT2D eigenvalue weighted by Crippen LogP contribution is -2.43. The van der Waals surface area contributed by atoms with Crippen molar-refractivity contribution in [3.63, 3.8) is 0 Å². The molecule has 0 aliphatic carbocycles. The Morgan fingerprint density at radius 2 is 2.15 bits per heavy atom. The summed E-state index contributed by atoms with van der Waals surface area (Å²) in [4.78, 5) is 6.33. The third-order valence-electron chi connectivity index (χ3n) is 2.50. The van der Waals surface area contributed by atoms with Crippen LogP contribution in [-0.4, -0.2) is 43.0 Å². The van der Waals surface area contributed by atoms with E-state index >= 15 is 0 Å². The van der Waals surface area contributed by atoms with Crippen molar-refractivity contribution in [2.45, 2.75) is 6.54 Å². The van der Waals surface area contributed by atoms with Gasteiger partial charge in [0.2, 0.25) is 0 Å². The second kappa shape index (κ2) is 4.22. The SMILES string of the molecule is CN1CCN(Cc2cc[c]s2)CC1. The molecule has 1 aromatic heterocycles. The Morgan fingerprint density at radius 3 is 2.77 bits per heavy atom. The molecule has 1 radical (unpaired) electrons. The zero-order valence-electron chi connectivity index (χ0n) is 7.99. The van der Waals surface area contributed by atoms with Gasteiger partial charge in [-0.05, 0) is 19.2 Å². The van der Waals surface area contributed by atoms with Crippen molar-refractivity contribution in [1.82, 2.24) is 9.80 Å². The third kappa shape index (κ3) is 2.53. The Morgan fingerprint density at radius 1 is 1.38 bits per heavy atom. The van der Waals surface area contributed by atoms with E-state index in [2.05, 4.69) is 28.3 Å². The van der Waals surface area contributed by atoms with E-state index in [-0.39, 0.29) is 0 Å². The highest BCUT2D eigenvalue weighted by atomic mass is 32.1. The fraction of sp³-hybridized carbons (Fsp3) is 0.600. The van der Waals surface area contributed by atoms with Gasteiger partial charge in [0.15, 0.2) is 0 Å². The number of nitrogens with zero attached hydrogens (tertiary/aromatic N) is 2. The van der Waals surface area contributed by atoms with Gasteiger partial charge in [0.1, 0.15) is 0 Å². The van der Waals surface area contributed by atoms with Crippen LogP contribution in [0.3, 0.4) is 0 Å². The first kappa shape index (κ1) is 9.19. The normalized spacial score (nSPS) is 20.7. The fourth-order valence-electron chi connectivity index (χ4n) is 1.58. The molecule has 1 aromatic rings. The van der Waals surface area contributed by atoms with Gasteiger partial charge in [-0.15, -0.1) is 11.3 Å². The average molecular weight is 195 g/mol. The first-order valence-corrected chi connectivity index (χ1v) is 5.52. The van der Waals surface area contributed by atoms with Crippen molar-refractivity contribution in [2.75, 3.05) is 33.2 Å². The van der Waals surface area contributed by atoms with Crippen LogP contribution in [0.1, 0.15) is 4.88 Å². The molecule has 71 valence electrons. The van der Waals surface area contributed by atoms with E-state index in [1.165, 1.54) is 31.1 Å². The Balaban J connectivity index is 1.83. The average Bonchev–Trinajstić information content (AvgIpc) is 2.62. The largest absolute Gasteiger partial charge is 0.304 e. The summed E-state index contributed by atoms with van der Waals surface area (Å²) in [5.41, 5.74) is 0. The van der Waals surface area contributed by atoms with Gasteiger partial charge in [0.05, 0.1) is 0 Å². The Kier molecular flexibility index (Phi) is 2.98. The van der Waals surface area contributed by atoms with Crippen molar-refractivity contribution in [3.8, 4) is 0 Å². The second-order valence-corrected chi connectivity index (χ2v) is 4.56. The predicted octanol–water partition coefficient (Wildman–Crippen LogP) is 1.30. The van der Waals surface area contributed by atoms with E-state index < -0.39 is 0 Å². The first-order valence-electron chi connectivity index (χ1n) is 4.70. The summed E-state index contributed by atoms with van der Waals surface area (Å²) in [6, 6.07) is 4.18. The minimum atomic E-state index is 1.11. The molecule has 0 atom stereocenters. The molecule has 1 fully saturated rings. The molecule has 1 aliphatic heterocycles. The molecule has 0 bridgehead atoms. The molecular weight excluding hydrogens is 180 g/mol. The fourth-order valence-corrected chi connectivity index (χ4v) is 2.25. The monoisotopic (exact) mass is 195 g/mol. The lowest BCUT2D eigenvalue weighted by Gasteiger charge is -2.31. The Hall–Kier alpha value is -0.380. The molecule has 13 heavy (non-hydrogen) atoms. The van der Waals surface area contributed by atoms with E-state index in [4.69, 9.17) is 0 Å². The zero-order valence-corrected chi connectivity index (χ0v) is 8.81. The molecule has 1 aliphatic rings. The molecule has 3 heteroatoms. The molecule has 0 N–H and O–H groups in total. The van der Waals surface area contributed by atoms with Crippen LogP contribution >= 0.6 is 11.3 Å². The van der Waals surface area contributed by atoms with Crippen molar-refractivity contribution in [1.29, 1.82) is 0 Å². The third-order valence-corrected chi connectivity index (χ3v) is 3.28. The van der Waals surface area contributed by atoms with E-state index in [0.717, 1.165) is 6.54 Å². The highest BCUT2D eigenvalue weighted by Gasteiger charge is 2.13. The quantitative estimate of drug-likeness (QED) is 0.702. The van der Waals surface area contributed by atoms with Crippen LogP contribution in [0.15, 0.2) is 12.1 Å². The van der Waals surface area contributed by atoms with Gasteiger partial charge in [-0.25, -0.2) is 0 Å². The summed E-state index contributed by atoms with van der Waals surface area (Å²) in [5.74, 6) is 0. The van der Waals surface area contributed by atoms with Crippen LogP contribution in [-0.2, 0) is 6.54 Å². The van der Waals surface area contributed by atoms with Gasteiger partial charge >= 0.3 is 0 Å². The summed E-state index contributed by atoms with van der Waals surface area (Å²) in [5, 5.41) is 3.13. The lowest BCUT2D eigenvalue weighted by atomic mass is 10.3. The smallest absolute Gasteiger partial charge is 0.0446 e. The second-order valence-electron chi connectivity index (χ2n) is 3.60. The number of thiophene rings is 1. The standard InChI is InChI=1S/C10H15N2S/c1-11-4-6-12(7-5-11)9-10-3-2-8-13-10/h2-3H,4-7,9H2,1H3. The van der Waals surface area contributed by atoms with Crippen LogP contribution in [0.2, 0.25) is 0 Å². The number of hydrogen-bond acceptors (Lipinski definition) is 3. The summed E-state index contributed by atoms with van der Waals surface area (Å²) in [6.07, 6.45) is 0. The van der Waals surface area contributed by atoms with Crippen molar-refractivity contribution in [2.24, 2.45) is 0 Å². The van der Waals surface area contributed by atoms with Gasteiger partial charge in [-0.1, -0.05) is 0 Å². The molecule has 1 saturated heterocycles. The van der Waals surface area contributed by atoms with Crippen LogP contribution in [0.4, 0.5) is 0 Å². The highest BCUT2D eigenvalue weighted by Crippen LogP contribution is 2.12. The minimum absolute atomic E-state index is 1.11. The topological polar surface area (TPSA) is 6.48 Å². The molecule has 2 rings (SSSR count). The summed E-state index contributed by atoms with van der Waals surface area (Å²) in [7, 11) is 2.19. The van der Waals surface area contributed by atoms with Crippen LogP contribution in [0.25, 0.3) is 0 Å². The predicted molar refractivity (Wildman–Crippen MR) is 55.9 cm³/mol. The molecule has 0 spiro atoms. The van der Waals surface area contributed by atoms with Crippen LogP contribution < -0.4 is 0 Å². The molecule has 0 aromatic carbocycles. The van der Waals surface area contributed by atoms with Gasteiger partial charge in [0.25, 0.3) is 0 Å². The van der Waals surface area contributed by atoms with Crippen LogP contribution in [0, 0.1) is 5.38 Å². The van der Waals surface area contributed by atoms with Gasteiger partial charge in [-0.2, -0.15) is 0 Å². The van der Waals surface area contributed by atoms with Crippen molar-refractivity contribution in [3.05, 3.63) is 22.4 Å². The van der Waals surface area contributed by atoms with E-state index in [1.54, 1.807) is 11.3 Å². The number of piperazine rings is 1. The van der Waals surface area contributed by atoms with Gasteiger partial charge in [-0.3, -0.25) is 4.90 Å². The molecule has 2 nitrogen and oxygen atoms in total. The number of rotatable bonds is 2. The van der Waals surface area contributed by atoms with Gasteiger partial charge in [0, 0.05) is 43.0 Å². The van der Waals surface area contributed by atoms with Crippen LogP contribution in [0.5, 0.6) is 0 Å².